The number of hydrogen-bond acceptors (Lipinski definition) is 2. The molecule has 1 fully saturated rings. The molecule has 0 saturated heterocycles. The molecule has 1 saturated carbocycles. The lowest BCUT2D eigenvalue weighted by atomic mass is 10.2. The summed E-state index contributed by atoms with van der Waals surface area (Å²) in [6.07, 6.45) is 3.20. The van der Waals surface area contributed by atoms with Gasteiger partial charge in [-0.05, 0) is 26.3 Å². The lowest BCUT2D eigenvalue weighted by Crippen LogP contribution is -2.32. The summed E-state index contributed by atoms with van der Waals surface area (Å²) in [6.45, 7) is 0. The number of nitrogens with one attached hydrogen (secondary N) is 1. The lowest BCUT2D eigenvalue weighted by molar-refractivity contribution is 0.153. The fraction of sp³-hybridized carbons (Fsp3) is 1.00. The molecule has 0 aromatic carbocycles. The first-order valence-corrected chi connectivity index (χ1v) is 3.20. The minimum absolute atomic E-state index is 0.0833. The Morgan fingerprint density at radius 3 is 2.50 bits per heavy atom. The summed E-state index contributed by atoms with van der Waals surface area (Å²) in [5.74, 6) is 0. The van der Waals surface area contributed by atoms with Crippen molar-refractivity contribution in [1.29, 1.82) is 0 Å². The molecule has 1 unspecified atom stereocenters. The normalized spacial score (nSPS) is 38.2. The van der Waals surface area contributed by atoms with Gasteiger partial charge in [0.2, 0.25) is 0 Å². The van der Waals surface area contributed by atoms with Crippen LogP contribution in [0.15, 0.2) is 0 Å². The lowest BCUT2D eigenvalue weighted by Gasteiger charge is -2.11. The van der Waals surface area contributed by atoms with Gasteiger partial charge in [0.15, 0.2) is 0 Å². The van der Waals surface area contributed by atoms with E-state index in [9.17, 15) is 0 Å². The summed E-state index contributed by atoms with van der Waals surface area (Å²) in [5, 5.41) is 12.2. The fourth-order valence-corrected chi connectivity index (χ4v) is 1.28. The van der Waals surface area contributed by atoms with E-state index in [1.807, 2.05) is 7.05 Å². The number of aliphatic hydroxyl groups is 1. The fourth-order valence-electron chi connectivity index (χ4n) is 1.28. The molecule has 1 aliphatic carbocycles. The van der Waals surface area contributed by atoms with Crippen LogP contribution in [0, 0.1) is 0 Å². The number of hydrogen-bond donors (Lipinski definition) is 2. The maximum Gasteiger partial charge on any atom is 0.0693 e. The first kappa shape index (κ1) is 6.05. The van der Waals surface area contributed by atoms with E-state index in [1.54, 1.807) is 0 Å². The zero-order chi connectivity index (χ0) is 5.98. The Labute approximate surface area is 49.9 Å². The average molecular weight is 115 g/mol. The van der Waals surface area contributed by atoms with E-state index >= 15 is 0 Å². The van der Waals surface area contributed by atoms with E-state index in [1.165, 1.54) is 6.42 Å². The van der Waals surface area contributed by atoms with E-state index in [2.05, 4.69) is 5.32 Å². The van der Waals surface area contributed by atoms with Gasteiger partial charge in [0, 0.05) is 6.04 Å². The molecular formula is C6H13NO. The van der Waals surface area contributed by atoms with Crippen molar-refractivity contribution in [3.63, 3.8) is 0 Å². The maximum atomic E-state index is 9.13. The molecule has 1 rings (SSSR count). The molecule has 0 amide bonds. The van der Waals surface area contributed by atoms with Crippen LogP contribution in [0.1, 0.15) is 19.3 Å². The highest BCUT2D eigenvalue weighted by Crippen LogP contribution is 2.17. The van der Waals surface area contributed by atoms with E-state index in [-0.39, 0.29) is 6.10 Å². The molecule has 2 nitrogen and oxygen atoms in total. The Kier molecular flexibility index (Phi) is 1.86. The molecule has 2 heteroatoms. The summed E-state index contributed by atoms with van der Waals surface area (Å²) < 4.78 is 0. The van der Waals surface area contributed by atoms with Crippen LogP contribution in [0.3, 0.4) is 0 Å². The summed E-state index contributed by atoms with van der Waals surface area (Å²) in [6, 6.07) is 0.370. The Bertz CT molecular complexity index is 74.9. The topological polar surface area (TPSA) is 32.3 Å². The monoisotopic (exact) mass is 115 g/mol. The molecule has 0 heterocycles. The van der Waals surface area contributed by atoms with Gasteiger partial charge in [-0.15, -0.1) is 0 Å². The van der Waals surface area contributed by atoms with E-state index in [0.717, 1.165) is 12.8 Å². The molecule has 0 spiro atoms. The van der Waals surface area contributed by atoms with Crippen molar-refractivity contribution in [2.24, 2.45) is 0 Å². The standard InChI is InChI=1S/C6H13NO/c1-7-5-3-2-4-6(5)8/h5-8H,2-4H2,1H3/t5-,6?/m0/s1. The van der Waals surface area contributed by atoms with Crippen molar-refractivity contribution in [3.8, 4) is 0 Å². The van der Waals surface area contributed by atoms with Gasteiger partial charge in [-0.1, -0.05) is 0 Å². The van der Waals surface area contributed by atoms with Crippen molar-refractivity contribution in [2.45, 2.75) is 31.4 Å². The molecular weight excluding hydrogens is 102 g/mol. The quantitative estimate of drug-likeness (QED) is 0.508. The molecule has 8 heavy (non-hydrogen) atoms. The predicted octanol–water partition coefficient (Wildman–Crippen LogP) is 0.119. The van der Waals surface area contributed by atoms with Gasteiger partial charge < -0.3 is 10.4 Å². The van der Waals surface area contributed by atoms with Gasteiger partial charge in [0.05, 0.1) is 6.10 Å². The Morgan fingerprint density at radius 2 is 2.25 bits per heavy atom. The van der Waals surface area contributed by atoms with Gasteiger partial charge in [0.1, 0.15) is 0 Å². The average Bonchev–Trinajstić information content (AvgIpc) is 2.14. The second-order valence-electron chi connectivity index (χ2n) is 2.39. The van der Waals surface area contributed by atoms with Gasteiger partial charge >= 0.3 is 0 Å². The Morgan fingerprint density at radius 1 is 1.50 bits per heavy atom. The molecule has 1 aliphatic rings. The third kappa shape index (κ3) is 1.01. The van der Waals surface area contributed by atoms with Crippen LogP contribution in [-0.2, 0) is 0 Å². The second kappa shape index (κ2) is 2.46. The van der Waals surface area contributed by atoms with Gasteiger partial charge in [0.25, 0.3) is 0 Å². The van der Waals surface area contributed by atoms with Crippen LogP contribution in [0.2, 0.25) is 0 Å². The van der Waals surface area contributed by atoms with Crippen molar-refractivity contribution >= 4 is 0 Å². The molecule has 0 aromatic rings. The minimum atomic E-state index is -0.0833. The minimum Gasteiger partial charge on any atom is -0.392 e. The van der Waals surface area contributed by atoms with Crippen LogP contribution in [0.4, 0.5) is 0 Å². The molecule has 2 atom stereocenters. The molecule has 0 bridgehead atoms. The van der Waals surface area contributed by atoms with Crippen LogP contribution >= 0.6 is 0 Å². The molecule has 2 N–H and O–H groups in total. The largest absolute Gasteiger partial charge is 0.392 e. The van der Waals surface area contributed by atoms with Crippen LogP contribution in [0.25, 0.3) is 0 Å². The van der Waals surface area contributed by atoms with Crippen LogP contribution < -0.4 is 5.32 Å². The zero-order valence-corrected chi connectivity index (χ0v) is 5.22. The summed E-state index contributed by atoms with van der Waals surface area (Å²) in [5.41, 5.74) is 0. The summed E-state index contributed by atoms with van der Waals surface area (Å²) >= 11 is 0. The van der Waals surface area contributed by atoms with Crippen LogP contribution in [0.5, 0.6) is 0 Å². The third-order valence-electron chi connectivity index (χ3n) is 1.85. The van der Waals surface area contributed by atoms with Crippen molar-refractivity contribution < 1.29 is 5.11 Å². The SMILES string of the molecule is CN[C@H]1CCCC1O. The summed E-state index contributed by atoms with van der Waals surface area (Å²) in [4.78, 5) is 0. The number of aliphatic hydroxyl groups excluding tert-OH is 1. The highest BCUT2D eigenvalue weighted by atomic mass is 16.3. The second-order valence-corrected chi connectivity index (χ2v) is 2.39. The summed E-state index contributed by atoms with van der Waals surface area (Å²) in [7, 11) is 1.90. The molecule has 0 radical (unpaired) electrons. The van der Waals surface area contributed by atoms with Gasteiger partial charge in [-0.2, -0.15) is 0 Å². The molecule has 0 aliphatic heterocycles. The smallest absolute Gasteiger partial charge is 0.0693 e. The highest BCUT2D eigenvalue weighted by Gasteiger charge is 2.22. The van der Waals surface area contributed by atoms with Gasteiger partial charge in [-0.3, -0.25) is 0 Å². The van der Waals surface area contributed by atoms with E-state index in [0.29, 0.717) is 6.04 Å². The van der Waals surface area contributed by atoms with Crippen molar-refractivity contribution in [2.75, 3.05) is 7.05 Å². The highest BCUT2D eigenvalue weighted by molar-refractivity contribution is 4.80. The maximum absolute atomic E-state index is 9.13. The predicted molar refractivity (Wildman–Crippen MR) is 32.7 cm³/mol. The van der Waals surface area contributed by atoms with Crippen molar-refractivity contribution in [1.82, 2.24) is 5.32 Å². The Balaban J connectivity index is 2.30. The zero-order valence-electron chi connectivity index (χ0n) is 5.22. The van der Waals surface area contributed by atoms with Gasteiger partial charge in [-0.25, -0.2) is 0 Å². The first-order chi connectivity index (χ1) is 3.84. The number of rotatable bonds is 1. The first-order valence-electron chi connectivity index (χ1n) is 3.20. The van der Waals surface area contributed by atoms with E-state index < -0.39 is 0 Å². The van der Waals surface area contributed by atoms with Crippen molar-refractivity contribution in [3.05, 3.63) is 0 Å². The Hall–Kier alpha value is -0.0800. The molecule has 0 aromatic heterocycles. The van der Waals surface area contributed by atoms with E-state index in [4.69, 9.17) is 5.11 Å². The third-order valence-corrected chi connectivity index (χ3v) is 1.85. The van der Waals surface area contributed by atoms with Crippen LogP contribution in [-0.4, -0.2) is 24.3 Å². The number of likely N-dealkylation sites (N-methyl/N-ethyl adjacent to an activating group) is 1. The molecule has 48 valence electrons.